The number of aromatic amines is 1. The third kappa shape index (κ3) is 4.50. The van der Waals surface area contributed by atoms with E-state index in [1.165, 1.54) is 6.08 Å². The van der Waals surface area contributed by atoms with Crippen LogP contribution in [-0.4, -0.2) is 21.7 Å². The van der Waals surface area contributed by atoms with E-state index in [1.807, 2.05) is 24.3 Å². The van der Waals surface area contributed by atoms with Crippen LogP contribution in [0.15, 0.2) is 77.3 Å². The number of imidazole rings is 1. The normalized spacial score (nSPS) is 11.1. The molecule has 4 aromatic rings. The molecule has 1 amide bonds. The molecule has 148 valence electrons. The first-order valence-corrected chi connectivity index (χ1v) is 10.2. The number of halogens is 2. The van der Waals surface area contributed by atoms with E-state index in [-0.39, 0.29) is 17.5 Å². The maximum Gasteiger partial charge on any atom is 0.255 e. The second-order valence-corrected chi connectivity index (χ2v) is 7.83. The zero-order valence-electron chi connectivity index (χ0n) is 15.5. The SMILES string of the molecule is O=C(Nc1cccc(Br)c1)c1ccc(C=CC(=O)c2nc3cccc(Cl)c3[nH]2)cc1. The number of ketones is 1. The molecule has 0 aliphatic heterocycles. The number of H-pyrrole nitrogens is 1. The Bertz CT molecular complexity index is 1280. The maximum absolute atomic E-state index is 12.4. The highest BCUT2D eigenvalue weighted by molar-refractivity contribution is 9.10. The zero-order valence-corrected chi connectivity index (χ0v) is 17.9. The van der Waals surface area contributed by atoms with Crippen molar-refractivity contribution in [3.8, 4) is 0 Å². The molecule has 1 aromatic heterocycles. The fourth-order valence-electron chi connectivity index (χ4n) is 2.88. The summed E-state index contributed by atoms with van der Waals surface area (Å²) in [6.45, 7) is 0. The Morgan fingerprint density at radius 1 is 1.03 bits per heavy atom. The Morgan fingerprint density at radius 2 is 1.80 bits per heavy atom. The number of carbonyl (C=O) groups is 2. The standard InChI is InChI=1S/C23H15BrClN3O2/c24-16-3-1-4-17(13-16)26-23(30)15-10-7-14(8-11-15)9-12-20(29)22-27-19-6-2-5-18(25)21(19)28-22/h1-13H,(H,26,30)(H,27,28). The van der Waals surface area contributed by atoms with Crippen molar-refractivity contribution in [1.29, 1.82) is 0 Å². The van der Waals surface area contributed by atoms with Crippen LogP contribution in [0.4, 0.5) is 5.69 Å². The van der Waals surface area contributed by atoms with Crippen LogP contribution in [0.3, 0.4) is 0 Å². The maximum atomic E-state index is 12.4. The van der Waals surface area contributed by atoms with Crippen LogP contribution in [0, 0.1) is 0 Å². The smallest absolute Gasteiger partial charge is 0.255 e. The molecule has 1 heterocycles. The molecule has 0 bridgehead atoms. The van der Waals surface area contributed by atoms with Crippen LogP contribution < -0.4 is 5.32 Å². The number of amides is 1. The Morgan fingerprint density at radius 3 is 2.53 bits per heavy atom. The van der Waals surface area contributed by atoms with Crippen molar-refractivity contribution in [2.45, 2.75) is 0 Å². The quantitative estimate of drug-likeness (QED) is 0.267. The van der Waals surface area contributed by atoms with E-state index in [9.17, 15) is 9.59 Å². The number of benzene rings is 3. The summed E-state index contributed by atoms with van der Waals surface area (Å²) >= 11 is 9.49. The molecule has 0 aliphatic carbocycles. The number of nitrogens with zero attached hydrogens (tertiary/aromatic N) is 1. The lowest BCUT2D eigenvalue weighted by Gasteiger charge is -2.06. The molecular formula is C23H15BrClN3O2. The van der Waals surface area contributed by atoms with Crippen molar-refractivity contribution in [2.75, 3.05) is 5.32 Å². The highest BCUT2D eigenvalue weighted by Crippen LogP contribution is 2.21. The number of fused-ring (bicyclic) bond motifs is 1. The van der Waals surface area contributed by atoms with E-state index in [0.717, 1.165) is 10.0 Å². The van der Waals surface area contributed by atoms with Gasteiger partial charge >= 0.3 is 0 Å². The number of para-hydroxylation sites is 1. The van der Waals surface area contributed by atoms with E-state index in [2.05, 4.69) is 31.2 Å². The van der Waals surface area contributed by atoms with Gasteiger partial charge in [0, 0.05) is 15.7 Å². The van der Waals surface area contributed by atoms with Crippen LogP contribution >= 0.6 is 27.5 Å². The highest BCUT2D eigenvalue weighted by Gasteiger charge is 2.11. The van der Waals surface area contributed by atoms with Gasteiger partial charge < -0.3 is 10.3 Å². The summed E-state index contributed by atoms with van der Waals surface area (Å²) in [5.41, 5.74) is 3.29. The van der Waals surface area contributed by atoms with Crippen molar-refractivity contribution < 1.29 is 9.59 Å². The molecule has 0 atom stereocenters. The largest absolute Gasteiger partial charge is 0.334 e. The topological polar surface area (TPSA) is 74.8 Å². The molecule has 0 radical (unpaired) electrons. The number of aromatic nitrogens is 2. The van der Waals surface area contributed by atoms with Gasteiger partial charge in [0.15, 0.2) is 5.82 Å². The summed E-state index contributed by atoms with van der Waals surface area (Å²) in [4.78, 5) is 32.0. The van der Waals surface area contributed by atoms with E-state index < -0.39 is 0 Å². The minimum atomic E-state index is -0.265. The van der Waals surface area contributed by atoms with Crippen LogP contribution in [0.2, 0.25) is 5.02 Å². The lowest BCUT2D eigenvalue weighted by atomic mass is 10.1. The molecule has 0 fully saturated rings. The van der Waals surface area contributed by atoms with E-state index >= 15 is 0 Å². The van der Waals surface area contributed by atoms with Crippen LogP contribution in [-0.2, 0) is 0 Å². The molecule has 0 saturated carbocycles. The number of hydrogen-bond donors (Lipinski definition) is 2. The lowest BCUT2D eigenvalue weighted by Crippen LogP contribution is -2.11. The number of anilines is 1. The third-order valence-corrected chi connectivity index (χ3v) is 5.19. The van der Waals surface area contributed by atoms with Gasteiger partial charge in [0.1, 0.15) is 0 Å². The number of hydrogen-bond acceptors (Lipinski definition) is 3. The minimum Gasteiger partial charge on any atom is -0.334 e. The Labute approximate surface area is 185 Å². The van der Waals surface area contributed by atoms with Crippen LogP contribution in [0.25, 0.3) is 17.1 Å². The Hall–Kier alpha value is -3.22. The summed E-state index contributed by atoms with van der Waals surface area (Å²) < 4.78 is 0.886. The lowest BCUT2D eigenvalue weighted by molar-refractivity contribution is 0.102. The van der Waals surface area contributed by atoms with Gasteiger partial charge in [-0.25, -0.2) is 4.98 Å². The predicted octanol–water partition coefficient (Wildman–Crippen LogP) is 6.13. The molecule has 0 aliphatic rings. The first-order valence-electron chi connectivity index (χ1n) is 9.03. The summed E-state index contributed by atoms with van der Waals surface area (Å²) in [5.74, 6) is -0.253. The predicted molar refractivity (Wildman–Crippen MR) is 123 cm³/mol. The average molecular weight is 481 g/mol. The first-order chi connectivity index (χ1) is 14.5. The van der Waals surface area contributed by atoms with Gasteiger partial charge in [0.2, 0.25) is 5.78 Å². The zero-order chi connectivity index (χ0) is 21.1. The van der Waals surface area contributed by atoms with E-state index in [1.54, 1.807) is 48.5 Å². The average Bonchev–Trinajstić information content (AvgIpc) is 3.18. The van der Waals surface area contributed by atoms with Crippen molar-refractivity contribution in [3.63, 3.8) is 0 Å². The molecule has 5 nitrogen and oxygen atoms in total. The monoisotopic (exact) mass is 479 g/mol. The first kappa shape index (κ1) is 20.1. The minimum absolute atomic E-state index is 0.209. The Balaban J connectivity index is 1.44. The summed E-state index contributed by atoms with van der Waals surface area (Å²) in [6.07, 6.45) is 3.11. The number of nitrogens with one attached hydrogen (secondary N) is 2. The van der Waals surface area contributed by atoms with Crippen molar-refractivity contribution >= 4 is 62.0 Å². The molecule has 30 heavy (non-hydrogen) atoms. The highest BCUT2D eigenvalue weighted by atomic mass is 79.9. The molecule has 2 N–H and O–H groups in total. The van der Waals surface area contributed by atoms with Gasteiger partial charge in [0.05, 0.1) is 16.1 Å². The van der Waals surface area contributed by atoms with Gasteiger partial charge in [-0.15, -0.1) is 0 Å². The molecule has 3 aromatic carbocycles. The van der Waals surface area contributed by atoms with Crippen molar-refractivity contribution in [3.05, 3.63) is 99.3 Å². The molecule has 7 heteroatoms. The molecule has 0 saturated heterocycles. The molecular weight excluding hydrogens is 466 g/mol. The number of rotatable bonds is 5. The fraction of sp³-hybridized carbons (Fsp3) is 0. The summed E-state index contributed by atoms with van der Waals surface area (Å²) in [6, 6.07) is 19.6. The number of carbonyl (C=O) groups excluding carboxylic acids is 2. The van der Waals surface area contributed by atoms with Crippen molar-refractivity contribution in [2.24, 2.45) is 0 Å². The van der Waals surface area contributed by atoms with E-state index in [0.29, 0.717) is 27.3 Å². The van der Waals surface area contributed by atoms with Gasteiger partial charge in [-0.3, -0.25) is 9.59 Å². The van der Waals surface area contributed by atoms with Gasteiger partial charge in [-0.1, -0.05) is 57.9 Å². The fourth-order valence-corrected chi connectivity index (χ4v) is 3.50. The summed E-state index contributed by atoms with van der Waals surface area (Å²) in [7, 11) is 0. The molecule has 0 spiro atoms. The molecule has 4 rings (SSSR count). The van der Waals surface area contributed by atoms with Crippen LogP contribution in [0.5, 0.6) is 0 Å². The van der Waals surface area contributed by atoms with Crippen molar-refractivity contribution in [1.82, 2.24) is 9.97 Å². The number of allylic oxidation sites excluding steroid dienone is 1. The Kier molecular flexibility index (Phi) is 5.79. The van der Waals surface area contributed by atoms with Gasteiger partial charge in [0.25, 0.3) is 5.91 Å². The summed E-state index contributed by atoms with van der Waals surface area (Å²) in [5, 5.41) is 3.36. The van der Waals surface area contributed by atoms with Crippen LogP contribution in [0.1, 0.15) is 26.5 Å². The molecule has 0 unspecified atom stereocenters. The van der Waals surface area contributed by atoms with Gasteiger partial charge in [-0.2, -0.15) is 0 Å². The van der Waals surface area contributed by atoms with E-state index in [4.69, 9.17) is 11.6 Å². The van der Waals surface area contributed by atoms with Gasteiger partial charge in [-0.05, 0) is 54.1 Å². The second-order valence-electron chi connectivity index (χ2n) is 6.50. The second kappa shape index (κ2) is 8.65. The third-order valence-electron chi connectivity index (χ3n) is 4.38.